The predicted molar refractivity (Wildman–Crippen MR) is 123 cm³/mol. The zero-order valence-corrected chi connectivity index (χ0v) is 21.1. The Labute approximate surface area is 212 Å². The fraction of sp³-hybridized carbons (Fsp3) is 0.455. The van der Waals surface area contributed by atoms with E-state index in [0.717, 1.165) is 10.8 Å². The monoisotopic (exact) mass is 549 g/mol. The second-order valence-electron chi connectivity index (χ2n) is 9.43. The van der Waals surface area contributed by atoms with E-state index in [4.69, 9.17) is 4.74 Å². The van der Waals surface area contributed by atoms with Gasteiger partial charge in [0, 0.05) is 67.9 Å². The van der Waals surface area contributed by atoms with Crippen molar-refractivity contribution in [2.45, 2.75) is 32.4 Å². The Morgan fingerprint density at radius 2 is 1.78 bits per heavy atom. The molecule has 15 heteroatoms. The van der Waals surface area contributed by atoms with Crippen molar-refractivity contribution in [2.75, 3.05) is 29.3 Å². The zero-order valence-electron chi connectivity index (χ0n) is 20.3. The number of hydrogen-bond acceptors (Lipinski definition) is 6. The molecular formula is C22H25F4N4O6S-. The van der Waals surface area contributed by atoms with Crippen LogP contribution in [-0.2, 0) is 23.1 Å². The number of amides is 2. The molecule has 1 aromatic carbocycles. The lowest BCUT2D eigenvalue weighted by molar-refractivity contribution is 0.0283. The first-order valence-corrected chi connectivity index (χ1v) is 12.0. The third-order valence-electron chi connectivity index (χ3n) is 5.55. The van der Waals surface area contributed by atoms with Crippen LogP contribution in [0.3, 0.4) is 0 Å². The fourth-order valence-corrected chi connectivity index (χ4v) is 4.70. The van der Waals surface area contributed by atoms with Crippen LogP contribution in [0.2, 0.25) is 0 Å². The number of ether oxygens (including phenoxy) is 1. The smallest absolute Gasteiger partial charge is 0.410 e. The summed E-state index contributed by atoms with van der Waals surface area (Å²) in [6.45, 7) is 4.07. The minimum absolute atomic E-state index is 0.0761. The summed E-state index contributed by atoms with van der Waals surface area (Å²) in [6.07, 6.45) is 0.244. The van der Waals surface area contributed by atoms with Crippen molar-refractivity contribution in [2.24, 2.45) is 13.0 Å². The Morgan fingerprint density at radius 1 is 1.19 bits per heavy atom. The number of aliphatic hydroxyl groups is 1. The molecule has 0 spiro atoms. The molecule has 37 heavy (non-hydrogen) atoms. The number of aryl methyl sites for hydroxylation is 1. The van der Waals surface area contributed by atoms with Gasteiger partial charge in [0.2, 0.25) is 0 Å². The van der Waals surface area contributed by atoms with Gasteiger partial charge in [-0.2, -0.15) is 0 Å². The van der Waals surface area contributed by atoms with Crippen molar-refractivity contribution >= 4 is 34.6 Å². The number of halogens is 4. The summed E-state index contributed by atoms with van der Waals surface area (Å²) >= 11 is -3.11. The lowest BCUT2D eigenvalue weighted by atomic mass is 10.1. The van der Waals surface area contributed by atoms with Gasteiger partial charge in [-0.05, 0) is 20.8 Å². The van der Waals surface area contributed by atoms with Gasteiger partial charge in [-0.15, -0.1) is 0 Å². The molecule has 0 aliphatic carbocycles. The van der Waals surface area contributed by atoms with E-state index in [-0.39, 0.29) is 13.1 Å². The first-order chi connectivity index (χ1) is 17.1. The molecule has 2 heterocycles. The van der Waals surface area contributed by atoms with Crippen LogP contribution in [0, 0.1) is 29.2 Å². The topological polar surface area (TPSA) is 127 Å². The average Bonchev–Trinajstić information content (AvgIpc) is 3.31. The van der Waals surface area contributed by atoms with Crippen molar-refractivity contribution in [1.29, 1.82) is 0 Å². The average molecular weight is 550 g/mol. The number of aliphatic hydroxyl groups excluding tert-OH is 1. The summed E-state index contributed by atoms with van der Waals surface area (Å²) < 4.78 is 86.9. The largest absolute Gasteiger partial charge is 0.755 e. The van der Waals surface area contributed by atoms with E-state index in [1.54, 1.807) is 20.8 Å². The maximum Gasteiger partial charge on any atom is 0.410 e. The number of hydrogen-bond donors (Lipinski definition) is 2. The number of rotatable bonds is 6. The van der Waals surface area contributed by atoms with E-state index < -0.39 is 87.8 Å². The number of nitrogens with zero attached hydrogens (tertiary/aromatic N) is 3. The maximum absolute atomic E-state index is 15.5. The van der Waals surface area contributed by atoms with Gasteiger partial charge < -0.3 is 29.2 Å². The second kappa shape index (κ2) is 10.7. The highest BCUT2D eigenvalue weighted by Gasteiger charge is 2.42. The van der Waals surface area contributed by atoms with E-state index in [2.05, 4.69) is 0 Å². The molecule has 1 aliphatic heterocycles. The van der Waals surface area contributed by atoms with E-state index in [1.807, 2.05) is 5.32 Å². The Kier molecular flexibility index (Phi) is 8.19. The molecular weight excluding hydrogens is 524 g/mol. The summed E-state index contributed by atoms with van der Waals surface area (Å²) in [7, 11) is 1.23. The van der Waals surface area contributed by atoms with Crippen LogP contribution in [0.4, 0.5) is 33.7 Å². The molecule has 3 rings (SSSR count). The third-order valence-corrected chi connectivity index (χ3v) is 6.34. The molecule has 2 aromatic rings. The lowest BCUT2D eigenvalue weighted by Crippen LogP contribution is -2.44. The van der Waals surface area contributed by atoms with Gasteiger partial charge in [0.05, 0.1) is 6.04 Å². The van der Waals surface area contributed by atoms with Gasteiger partial charge in [-0.1, -0.05) is 0 Å². The Bertz CT molecular complexity index is 1210. The van der Waals surface area contributed by atoms with E-state index in [1.165, 1.54) is 11.9 Å². The van der Waals surface area contributed by atoms with Gasteiger partial charge in [0.15, 0.2) is 23.3 Å². The minimum atomic E-state index is -3.11. The van der Waals surface area contributed by atoms with E-state index in [9.17, 15) is 36.6 Å². The lowest BCUT2D eigenvalue weighted by Gasteiger charge is -2.33. The van der Waals surface area contributed by atoms with Crippen LogP contribution >= 0.6 is 0 Å². The fourth-order valence-electron chi connectivity index (χ4n) is 3.96. The van der Waals surface area contributed by atoms with Crippen LogP contribution < -0.4 is 9.62 Å². The third kappa shape index (κ3) is 6.05. The number of likely N-dealkylation sites (tertiary alicyclic amines) is 1. The molecule has 1 aromatic heterocycles. The molecule has 0 saturated carbocycles. The molecule has 204 valence electrons. The van der Waals surface area contributed by atoms with Gasteiger partial charge in [-0.25, -0.2) is 22.4 Å². The molecule has 0 bridgehead atoms. The van der Waals surface area contributed by atoms with Gasteiger partial charge >= 0.3 is 6.09 Å². The summed E-state index contributed by atoms with van der Waals surface area (Å²) in [5.74, 6) is -8.22. The number of aromatic nitrogens is 1. The van der Waals surface area contributed by atoms with Gasteiger partial charge in [0.1, 0.15) is 17.0 Å². The maximum atomic E-state index is 15.5. The number of nitrogens with one attached hydrogen (secondary N) is 1. The summed E-state index contributed by atoms with van der Waals surface area (Å²) in [6, 6.07) is -0.122. The van der Waals surface area contributed by atoms with Gasteiger partial charge in [-0.3, -0.25) is 13.3 Å². The van der Waals surface area contributed by atoms with Crippen LogP contribution in [0.25, 0.3) is 0 Å². The zero-order chi connectivity index (χ0) is 27.8. The molecule has 10 nitrogen and oxygen atoms in total. The number of anilines is 2. The van der Waals surface area contributed by atoms with Crippen molar-refractivity contribution in [1.82, 2.24) is 9.47 Å². The van der Waals surface area contributed by atoms with Crippen molar-refractivity contribution < 1.29 is 45.8 Å². The summed E-state index contributed by atoms with van der Waals surface area (Å²) in [5, 5.41) is 11.9. The molecule has 0 radical (unpaired) electrons. The Morgan fingerprint density at radius 3 is 2.30 bits per heavy atom. The SMILES string of the molecule is Cn1cc(N(C2CN(C(=O)OC(C)(C)C)CC2CO)S(=O)[O-])c(F)c1C(=O)Nc1cc(F)c(F)c(F)c1. The first-order valence-electron chi connectivity index (χ1n) is 10.9. The molecule has 2 amide bonds. The highest BCUT2D eigenvalue weighted by Crippen LogP contribution is 2.33. The number of benzene rings is 1. The van der Waals surface area contributed by atoms with Crippen LogP contribution in [0.1, 0.15) is 31.3 Å². The molecule has 2 N–H and O–H groups in total. The normalized spacial score (nSPS) is 18.6. The van der Waals surface area contributed by atoms with E-state index >= 15 is 4.39 Å². The molecule has 1 saturated heterocycles. The van der Waals surface area contributed by atoms with Gasteiger partial charge in [0.25, 0.3) is 5.91 Å². The minimum Gasteiger partial charge on any atom is -0.755 e. The Hall–Kier alpha value is -3.17. The van der Waals surface area contributed by atoms with Crippen molar-refractivity contribution in [3.05, 3.63) is 47.3 Å². The highest BCUT2D eigenvalue weighted by atomic mass is 32.2. The highest BCUT2D eigenvalue weighted by molar-refractivity contribution is 7.80. The molecule has 1 fully saturated rings. The number of carbonyl (C=O) groups is 2. The summed E-state index contributed by atoms with van der Waals surface area (Å²) in [5.41, 5.74) is -2.60. The second-order valence-corrected chi connectivity index (χ2v) is 10.3. The van der Waals surface area contributed by atoms with Crippen LogP contribution in [-0.4, -0.2) is 66.7 Å². The van der Waals surface area contributed by atoms with E-state index in [0.29, 0.717) is 16.4 Å². The molecule has 3 unspecified atom stereocenters. The van der Waals surface area contributed by atoms with Crippen LogP contribution in [0.5, 0.6) is 0 Å². The number of carbonyl (C=O) groups excluding carboxylic acids is 2. The van der Waals surface area contributed by atoms with Crippen molar-refractivity contribution in [3.8, 4) is 0 Å². The summed E-state index contributed by atoms with van der Waals surface area (Å²) in [4.78, 5) is 26.4. The van der Waals surface area contributed by atoms with Crippen molar-refractivity contribution in [3.63, 3.8) is 0 Å². The standard InChI is InChI=1S/C22H26F4N4O6S/c1-22(2,3)36-21(33)29-7-11(10-31)15(9-29)30(37(34)35)16-8-28(4)19(18(16)26)20(32)27-12-5-13(23)17(25)14(24)6-12/h5-6,8,11,15,31H,7,9-10H2,1-4H3,(H,27,32)(H,34,35)/p-1. The first kappa shape index (κ1) is 28.4. The Balaban J connectivity index is 1.92. The van der Waals surface area contributed by atoms with Crippen LogP contribution in [0.15, 0.2) is 18.3 Å². The molecule has 1 aliphatic rings. The molecule has 3 atom stereocenters. The quantitative estimate of drug-likeness (QED) is 0.324. The predicted octanol–water partition coefficient (Wildman–Crippen LogP) is 2.66.